The molecule has 0 unspecified atom stereocenters. The minimum atomic E-state index is -4.94. The highest BCUT2D eigenvalue weighted by Gasteiger charge is 2.35. The number of nitrogens with one attached hydrogen (secondary N) is 2. The van der Waals surface area contributed by atoms with Crippen LogP contribution in [0.5, 0.6) is 0 Å². The first-order valence-electron chi connectivity index (χ1n) is 11.7. The minimum absolute atomic E-state index is 0.0858. The molecule has 0 aliphatic heterocycles. The highest BCUT2D eigenvalue weighted by molar-refractivity contribution is 6.05. The molecule has 0 saturated heterocycles. The summed E-state index contributed by atoms with van der Waals surface area (Å²) in [7, 11) is 1.78. The molecule has 0 atom stereocenters. The van der Waals surface area contributed by atoms with Gasteiger partial charge in [-0.3, -0.25) is 14.5 Å². The van der Waals surface area contributed by atoms with E-state index in [-0.39, 0.29) is 29.4 Å². The van der Waals surface area contributed by atoms with Gasteiger partial charge in [-0.15, -0.1) is 0 Å². The molecule has 1 aromatic heterocycles. The number of benzene rings is 2. The number of hydrogen-bond acceptors (Lipinski definition) is 6. The van der Waals surface area contributed by atoms with Crippen molar-refractivity contribution in [3.05, 3.63) is 82.1 Å². The molecule has 0 aliphatic rings. The van der Waals surface area contributed by atoms with E-state index >= 15 is 0 Å². The van der Waals surface area contributed by atoms with Crippen LogP contribution in [0.3, 0.4) is 0 Å². The van der Waals surface area contributed by atoms with Gasteiger partial charge in [0, 0.05) is 53.9 Å². The topological polar surface area (TPSA) is 114 Å². The van der Waals surface area contributed by atoms with Gasteiger partial charge in [-0.05, 0) is 43.7 Å². The van der Waals surface area contributed by atoms with Gasteiger partial charge in [0.25, 0.3) is 5.91 Å². The van der Waals surface area contributed by atoms with E-state index in [4.69, 9.17) is 11.6 Å². The third kappa shape index (κ3) is 6.50. The molecule has 8 nitrogen and oxygen atoms in total. The quantitative estimate of drug-likeness (QED) is 0.192. The fourth-order valence-electron chi connectivity index (χ4n) is 3.71. The summed E-state index contributed by atoms with van der Waals surface area (Å²) in [5, 5.41) is 10.7. The third-order valence-electron chi connectivity index (χ3n) is 5.99. The summed E-state index contributed by atoms with van der Waals surface area (Å²) in [6.45, 7) is 7.05. The summed E-state index contributed by atoms with van der Waals surface area (Å²) in [5.41, 5.74) is 7.50. The van der Waals surface area contributed by atoms with Crippen molar-refractivity contribution in [1.82, 2.24) is 15.1 Å². The van der Waals surface area contributed by atoms with Crippen LogP contribution >= 0.6 is 0 Å². The number of halogens is 4. The summed E-state index contributed by atoms with van der Waals surface area (Å²) in [6.07, 6.45) is -1.85. The average molecular weight is 534 g/mol. The number of nitrogens with two attached hydrogens (primary N) is 2. The van der Waals surface area contributed by atoms with Gasteiger partial charge in [0.1, 0.15) is 5.82 Å². The molecule has 3 rings (SSSR count). The van der Waals surface area contributed by atoms with E-state index in [1.54, 1.807) is 44.8 Å². The van der Waals surface area contributed by atoms with Crippen molar-refractivity contribution in [1.29, 1.82) is 0 Å². The zero-order valence-corrected chi connectivity index (χ0v) is 21.7. The average Bonchev–Trinajstić information content (AvgIpc) is 3.16. The van der Waals surface area contributed by atoms with Gasteiger partial charge < -0.3 is 16.4 Å². The molecular formula is C26H31F4N7O. The van der Waals surface area contributed by atoms with Crippen LogP contribution in [0.25, 0.3) is 5.70 Å². The van der Waals surface area contributed by atoms with E-state index in [0.717, 1.165) is 11.3 Å². The number of rotatable bonds is 8. The van der Waals surface area contributed by atoms with Crippen LogP contribution < -0.4 is 27.2 Å². The maximum absolute atomic E-state index is 14.6. The predicted octanol–water partition coefficient (Wildman–Crippen LogP) is 4.58. The van der Waals surface area contributed by atoms with Crippen LogP contribution in [0.15, 0.2) is 42.7 Å². The largest absolute Gasteiger partial charge is 0.419 e. The molecular weight excluding hydrogens is 502 g/mol. The molecule has 204 valence electrons. The molecule has 12 heteroatoms. The fraction of sp³-hybridized carbons (Fsp3) is 0.308. The highest BCUT2D eigenvalue weighted by Crippen LogP contribution is 2.35. The van der Waals surface area contributed by atoms with Crippen molar-refractivity contribution in [3.63, 3.8) is 0 Å². The number of alkyl halides is 3. The lowest BCUT2D eigenvalue weighted by Gasteiger charge is -2.19. The molecule has 2 aromatic carbocycles. The lowest BCUT2D eigenvalue weighted by molar-refractivity contribution is -0.140. The Hall–Kier alpha value is -3.90. The molecule has 3 aromatic rings. The Morgan fingerprint density at radius 2 is 1.89 bits per heavy atom. The van der Waals surface area contributed by atoms with Crippen molar-refractivity contribution < 1.29 is 22.4 Å². The van der Waals surface area contributed by atoms with Crippen LogP contribution in [0.2, 0.25) is 0 Å². The SMILES string of the molecule is Cc1ccc(C(=O)Nc2cc(CNC(C)C)c(F)c(C(F)(F)F)c2)cc1N(N)/C=C(\N)c1cnn(C)c1C. The molecule has 6 N–H and O–H groups in total. The Kier molecular flexibility index (Phi) is 8.48. The van der Waals surface area contributed by atoms with E-state index in [0.29, 0.717) is 23.0 Å². The monoisotopic (exact) mass is 533 g/mol. The molecule has 1 heterocycles. The third-order valence-corrected chi connectivity index (χ3v) is 5.99. The van der Waals surface area contributed by atoms with Gasteiger partial charge in [-0.2, -0.15) is 18.3 Å². The van der Waals surface area contributed by atoms with E-state index < -0.39 is 23.5 Å². The molecule has 0 saturated carbocycles. The van der Waals surface area contributed by atoms with Crippen LogP contribution in [0.4, 0.5) is 28.9 Å². The van der Waals surface area contributed by atoms with Gasteiger partial charge in [-0.25, -0.2) is 10.2 Å². The summed E-state index contributed by atoms with van der Waals surface area (Å²) < 4.78 is 56.7. The van der Waals surface area contributed by atoms with Gasteiger partial charge >= 0.3 is 6.18 Å². The Morgan fingerprint density at radius 3 is 2.47 bits per heavy atom. The molecule has 0 spiro atoms. The standard InChI is InChI=1S/C26H31F4N7O/c1-14(2)33-11-18-8-19(10-21(24(18)27)26(28,29)30)35-25(38)17-7-6-15(3)23(9-17)37(32)13-22(31)20-12-34-36(5)16(20)4/h6-10,12-14,33H,11,31-32H2,1-5H3,(H,35,38)/b22-13-. The first-order valence-corrected chi connectivity index (χ1v) is 11.7. The first kappa shape index (κ1) is 28.7. The van der Waals surface area contributed by atoms with Crippen molar-refractivity contribution in [2.75, 3.05) is 10.3 Å². The highest BCUT2D eigenvalue weighted by atomic mass is 19.4. The maximum Gasteiger partial charge on any atom is 0.419 e. The van der Waals surface area contributed by atoms with Crippen LogP contribution in [-0.2, 0) is 19.8 Å². The van der Waals surface area contributed by atoms with E-state index in [9.17, 15) is 22.4 Å². The molecule has 38 heavy (non-hydrogen) atoms. The zero-order chi connectivity index (χ0) is 28.4. The second kappa shape index (κ2) is 11.2. The van der Waals surface area contributed by atoms with E-state index in [1.807, 2.05) is 6.92 Å². The number of nitrogens with zero attached hydrogens (tertiary/aromatic N) is 3. The summed E-state index contributed by atoms with van der Waals surface area (Å²) >= 11 is 0. The number of hydrazine groups is 1. The molecule has 0 bridgehead atoms. The Balaban J connectivity index is 1.91. The number of carbonyl (C=O) groups excluding carboxylic acids is 1. The van der Waals surface area contributed by atoms with Gasteiger partial charge in [0.2, 0.25) is 0 Å². The van der Waals surface area contributed by atoms with Gasteiger partial charge in [0.15, 0.2) is 0 Å². The second-order valence-corrected chi connectivity index (χ2v) is 9.24. The number of amides is 1. The molecule has 1 amide bonds. The minimum Gasteiger partial charge on any atom is -0.397 e. The number of aromatic nitrogens is 2. The van der Waals surface area contributed by atoms with Crippen LogP contribution in [0, 0.1) is 19.7 Å². The summed E-state index contributed by atoms with van der Waals surface area (Å²) in [4.78, 5) is 13.0. The number of hydrogen-bond donors (Lipinski definition) is 4. The Bertz CT molecular complexity index is 1360. The van der Waals surface area contributed by atoms with E-state index in [1.165, 1.54) is 29.4 Å². The van der Waals surface area contributed by atoms with Crippen LogP contribution in [-0.4, -0.2) is 21.7 Å². The first-order chi connectivity index (χ1) is 17.7. The van der Waals surface area contributed by atoms with Crippen LogP contribution in [0.1, 0.15) is 52.2 Å². The van der Waals surface area contributed by atoms with Crippen molar-refractivity contribution in [2.45, 2.75) is 46.5 Å². The zero-order valence-electron chi connectivity index (χ0n) is 21.7. The number of anilines is 2. The number of carbonyl (C=O) groups is 1. The Labute approximate surface area is 218 Å². The van der Waals surface area contributed by atoms with Crippen molar-refractivity contribution in [2.24, 2.45) is 18.6 Å². The smallest absolute Gasteiger partial charge is 0.397 e. The lowest BCUT2D eigenvalue weighted by Crippen LogP contribution is -2.27. The second-order valence-electron chi connectivity index (χ2n) is 9.24. The summed E-state index contributed by atoms with van der Waals surface area (Å²) in [5.74, 6) is 4.15. The molecule has 0 radical (unpaired) electrons. The fourth-order valence-corrected chi connectivity index (χ4v) is 3.71. The predicted molar refractivity (Wildman–Crippen MR) is 139 cm³/mol. The molecule has 0 fully saturated rings. The van der Waals surface area contributed by atoms with Crippen molar-refractivity contribution >= 4 is 23.0 Å². The number of aryl methyl sites for hydroxylation is 2. The van der Waals surface area contributed by atoms with E-state index in [2.05, 4.69) is 15.7 Å². The van der Waals surface area contributed by atoms with Gasteiger partial charge in [0.05, 0.1) is 23.1 Å². The summed E-state index contributed by atoms with van der Waals surface area (Å²) in [6, 6.07) is 6.32. The van der Waals surface area contributed by atoms with Crippen molar-refractivity contribution in [3.8, 4) is 0 Å². The molecule has 0 aliphatic carbocycles. The lowest BCUT2D eigenvalue weighted by atomic mass is 10.1. The van der Waals surface area contributed by atoms with Gasteiger partial charge in [-0.1, -0.05) is 19.9 Å². The maximum atomic E-state index is 14.6. The Morgan fingerprint density at radius 1 is 1.21 bits per heavy atom. The normalized spacial score (nSPS) is 12.2.